The summed E-state index contributed by atoms with van der Waals surface area (Å²) in [5, 5.41) is 28.2. The van der Waals surface area contributed by atoms with Crippen molar-refractivity contribution in [2.75, 3.05) is 11.6 Å². The zero-order valence-corrected chi connectivity index (χ0v) is 18.5. The van der Waals surface area contributed by atoms with Gasteiger partial charge in [-0.1, -0.05) is 18.2 Å². The predicted molar refractivity (Wildman–Crippen MR) is 124 cm³/mol. The van der Waals surface area contributed by atoms with Crippen LogP contribution in [-0.4, -0.2) is 27.0 Å². The first-order valence-electron chi connectivity index (χ1n) is 9.96. The van der Waals surface area contributed by atoms with Gasteiger partial charge in [0.15, 0.2) is 0 Å². The fraction of sp³-hybridized carbons (Fsp3) is 0.182. The molecule has 1 atom stereocenters. The molecule has 0 fully saturated rings. The topological polar surface area (TPSA) is 117 Å². The first-order chi connectivity index (χ1) is 15.4. The molecule has 0 unspecified atom stereocenters. The minimum absolute atomic E-state index is 0.0558. The maximum absolute atomic E-state index is 14.5. The fourth-order valence-corrected chi connectivity index (χ4v) is 6.57. The Morgan fingerprint density at radius 1 is 1.12 bits per heavy atom. The lowest BCUT2D eigenvalue weighted by Crippen LogP contribution is -2.33. The zero-order valence-electron chi connectivity index (χ0n) is 17.6. The van der Waals surface area contributed by atoms with E-state index in [2.05, 4.69) is 16.3 Å². The molecule has 1 aromatic heterocycles. The first-order valence-corrected chi connectivity index (χ1v) is 11.6. The number of rotatable bonds is 6. The SMILES string of the molecule is Cc1c2c(c(C)n1-c1ccccc1)[P@@](=O)(Nc1ccc([N+](=O)[O-])cc1)N(CCC#N)N=C2. The quantitative estimate of drug-likeness (QED) is 0.337. The number of hydrogen-bond acceptors (Lipinski definition) is 5. The molecule has 0 saturated carbocycles. The number of para-hydroxylation sites is 1. The van der Waals surface area contributed by atoms with Crippen LogP contribution in [0.25, 0.3) is 5.69 Å². The van der Waals surface area contributed by atoms with E-state index in [4.69, 9.17) is 5.26 Å². The molecule has 2 aromatic carbocycles. The standard InChI is InChI=1S/C22H21N6O3P/c1-16-21-15-24-26(14-6-13-23)32(31,25-18-9-11-20(12-10-18)28(29)30)22(21)17(2)27(16)19-7-4-3-5-8-19/h3-5,7-12,15H,6,14H2,1-2H3,(H,25,31)/t32-/m1/s1. The third-order valence-electron chi connectivity index (χ3n) is 5.40. The minimum atomic E-state index is -3.52. The van der Waals surface area contributed by atoms with Crippen molar-refractivity contribution in [2.45, 2.75) is 20.3 Å². The molecule has 10 heteroatoms. The van der Waals surface area contributed by atoms with Gasteiger partial charge in [0.2, 0.25) is 0 Å². The lowest BCUT2D eigenvalue weighted by molar-refractivity contribution is -0.384. The Kier molecular flexibility index (Phi) is 5.56. The Bertz CT molecular complexity index is 1290. The van der Waals surface area contributed by atoms with Crippen molar-refractivity contribution in [3.8, 4) is 11.8 Å². The smallest absolute Gasteiger partial charge is 0.307 e. The molecule has 0 saturated heterocycles. The largest absolute Gasteiger partial charge is 0.317 e. The first kappa shape index (κ1) is 21.3. The highest BCUT2D eigenvalue weighted by molar-refractivity contribution is 7.71. The summed E-state index contributed by atoms with van der Waals surface area (Å²) < 4.78 is 18.0. The Morgan fingerprint density at radius 2 is 1.81 bits per heavy atom. The number of hydrogen-bond donors (Lipinski definition) is 1. The van der Waals surface area contributed by atoms with Gasteiger partial charge in [-0.3, -0.25) is 14.7 Å². The molecule has 1 aliphatic heterocycles. The van der Waals surface area contributed by atoms with Gasteiger partial charge in [-0.2, -0.15) is 10.4 Å². The van der Waals surface area contributed by atoms with Crippen molar-refractivity contribution in [1.29, 1.82) is 5.26 Å². The molecular weight excluding hydrogens is 427 g/mol. The van der Waals surface area contributed by atoms with Crippen LogP contribution in [0.3, 0.4) is 0 Å². The van der Waals surface area contributed by atoms with Crippen molar-refractivity contribution < 1.29 is 9.49 Å². The second kappa shape index (κ2) is 8.33. The molecule has 162 valence electrons. The molecule has 2 heterocycles. The number of nitrogens with zero attached hydrogens (tertiary/aromatic N) is 5. The molecule has 3 aromatic rings. The van der Waals surface area contributed by atoms with Crippen molar-refractivity contribution in [3.63, 3.8) is 0 Å². The highest BCUT2D eigenvalue weighted by Crippen LogP contribution is 2.53. The summed E-state index contributed by atoms with van der Waals surface area (Å²) in [4.78, 5) is 10.5. The number of fused-ring (bicyclic) bond motifs is 1. The lowest BCUT2D eigenvalue weighted by atomic mass is 10.2. The molecule has 0 bridgehead atoms. The van der Waals surface area contributed by atoms with Gasteiger partial charge in [-0.15, -0.1) is 0 Å². The van der Waals surface area contributed by atoms with E-state index < -0.39 is 12.4 Å². The molecule has 9 nitrogen and oxygen atoms in total. The summed E-state index contributed by atoms with van der Waals surface area (Å²) in [5.41, 5.74) is 3.81. The van der Waals surface area contributed by atoms with E-state index in [1.165, 1.54) is 29.0 Å². The van der Waals surface area contributed by atoms with E-state index in [-0.39, 0.29) is 18.7 Å². The number of nitro benzene ring substituents is 1. The lowest BCUT2D eigenvalue weighted by Gasteiger charge is -2.33. The van der Waals surface area contributed by atoms with E-state index >= 15 is 0 Å². The number of anilines is 1. The molecule has 0 aliphatic carbocycles. The van der Waals surface area contributed by atoms with Crippen molar-refractivity contribution in [3.05, 3.63) is 81.7 Å². The van der Waals surface area contributed by atoms with Crippen molar-refractivity contribution in [2.24, 2.45) is 5.10 Å². The number of aromatic nitrogens is 1. The van der Waals surface area contributed by atoms with Crippen molar-refractivity contribution in [1.82, 2.24) is 9.35 Å². The van der Waals surface area contributed by atoms with E-state index in [9.17, 15) is 14.7 Å². The van der Waals surface area contributed by atoms with Crippen LogP contribution in [0.15, 0.2) is 59.7 Å². The van der Waals surface area contributed by atoms with Gasteiger partial charge in [0.05, 0.1) is 35.5 Å². The van der Waals surface area contributed by atoms with Gasteiger partial charge in [0.25, 0.3) is 5.69 Å². The number of benzene rings is 2. The Morgan fingerprint density at radius 3 is 2.44 bits per heavy atom. The van der Waals surface area contributed by atoms with Crippen LogP contribution < -0.4 is 10.4 Å². The molecule has 1 N–H and O–H groups in total. The zero-order chi connectivity index (χ0) is 22.9. The summed E-state index contributed by atoms with van der Waals surface area (Å²) in [6.45, 7) is 4.04. The number of hydrazone groups is 1. The maximum Gasteiger partial charge on any atom is 0.307 e. The molecule has 0 amide bonds. The fourth-order valence-electron chi connectivity index (χ4n) is 3.95. The van der Waals surface area contributed by atoms with Gasteiger partial charge in [0, 0.05) is 40.5 Å². The molecule has 0 spiro atoms. The summed E-state index contributed by atoms with van der Waals surface area (Å²) in [7, 11) is -3.52. The van der Waals surface area contributed by atoms with Gasteiger partial charge in [0.1, 0.15) is 0 Å². The monoisotopic (exact) mass is 448 g/mol. The van der Waals surface area contributed by atoms with Gasteiger partial charge in [-0.05, 0) is 38.1 Å². The third kappa shape index (κ3) is 3.55. The van der Waals surface area contributed by atoms with Gasteiger partial charge >= 0.3 is 7.44 Å². The second-order valence-corrected chi connectivity index (χ2v) is 9.63. The van der Waals surface area contributed by atoms with Crippen LogP contribution in [0.4, 0.5) is 11.4 Å². The molecule has 1 aliphatic rings. The molecule has 0 radical (unpaired) electrons. The normalized spacial score (nSPS) is 17.0. The van der Waals surface area contributed by atoms with Crippen LogP contribution in [0.2, 0.25) is 0 Å². The van der Waals surface area contributed by atoms with Crippen LogP contribution in [0.1, 0.15) is 23.4 Å². The van der Waals surface area contributed by atoms with E-state index in [0.717, 1.165) is 22.6 Å². The average Bonchev–Trinajstić information content (AvgIpc) is 3.05. The second-order valence-electron chi connectivity index (χ2n) is 7.34. The van der Waals surface area contributed by atoms with Gasteiger partial charge in [-0.25, -0.2) is 4.78 Å². The predicted octanol–water partition coefficient (Wildman–Crippen LogP) is 4.50. The number of nitriles is 1. The van der Waals surface area contributed by atoms with E-state index in [1.54, 1.807) is 6.21 Å². The van der Waals surface area contributed by atoms with Crippen molar-refractivity contribution >= 4 is 30.3 Å². The van der Waals surface area contributed by atoms with Gasteiger partial charge < -0.3 is 9.65 Å². The van der Waals surface area contributed by atoms with E-state index in [0.29, 0.717) is 11.0 Å². The van der Waals surface area contributed by atoms with Crippen LogP contribution in [0.5, 0.6) is 0 Å². The number of nitro groups is 1. The average molecular weight is 448 g/mol. The Labute approximate surface area is 185 Å². The number of non-ortho nitro benzene ring substituents is 1. The highest BCUT2D eigenvalue weighted by atomic mass is 31.2. The third-order valence-corrected chi connectivity index (χ3v) is 8.09. The van der Waals surface area contributed by atoms with Crippen LogP contribution in [0, 0.1) is 35.3 Å². The summed E-state index contributed by atoms with van der Waals surface area (Å²) in [5.74, 6) is 0. The summed E-state index contributed by atoms with van der Waals surface area (Å²) in [6, 6.07) is 17.6. The molecular formula is C22H21N6O3P. The molecule has 4 rings (SSSR count). The molecule has 32 heavy (non-hydrogen) atoms. The maximum atomic E-state index is 14.5. The Balaban J connectivity index is 1.85. The number of nitrogens with one attached hydrogen (secondary N) is 1. The highest BCUT2D eigenvalue weighted by Gasteiger charge is 2.41. The summed E-state index contributed by atoms with van der Waals surface area (Å²) in [6.07, 6.45) is 1.83. The Hall–Kier alpha value is -3.89. The van der Waals surface area contributed by atoms with E-state index in [1.807, 2.05) is 48.7 Å². The summed E-state index contributed by atoms with van der Waals surface area (Å²) >= 11 is 0. The van der Waals surface area contributed by atoms with Crippen LogP contribution in [-0.2, 0) is 4.57 Å². The minimum Gasteiger partial charge on any atom is -0.317 e. The van der Waals surface area contributed by atoms with Crippen LogP contribution >= 0.6 is 7.44 Å².